The Morgan fingerprint density at radius 3 is 2.88 bits per heavy atom. The predicted molar refractivity (Wildman–Crippen MR) is 58.4 cm³/mol. The highest BCUT2D eigenvalue weighted by Gasteiger charge is 2.16. The molecular weight excluding hydrogens is 227 g/mol. The topological polar surface area (TPSA) is 88.5 Å². The van der Waals surface area contributed by atoms with Gasteiger partial charge in [-0.1, -0.05) is 0 Å². The van der Waals surface area contributed by atoms with E-state index in [4.69, 9.17) is 10.8 Å². The van der Waals surface area contributed by atoms with Crippen LogP contribution in [0.15, 0.2) is 24.4 Å². The number of hydrogen-bond donors (Lipinski definition) is 3. The first kappa shape index (κ1) is 11.4. The molecule has 0 radical (unpaired) electrons. The summed E-state index contributed by atoms with van der Waals surface area (Å²) in [5, 5.41) is 18.8. The molecule has 0 aliphatic carbocycles. The van der Waals surface area contributed by atoms with Crippen LogP contribution < -0.4 is 5.73 Å². The van der Waals surface area contributed by atoms with Gasteiger partial charge in [0.15, 0.2) is 0 Å². The Balaban J connectivity index is 2.45. The lowest BCUT2D eigenvalue weighted by Crippen LogP contribution is -2.32. The SMILES string of the molecule is NC(Cc1cn(O)c2cc(F)ccc12)C(=O)O. The third-order valence-electron chi connectivity index (χ3n) is 2.59. The van der Waals surface area contributed by atoms with Gasteiger partial charge in [-0.05, 0) is 17.7 Å². The highest BCUT2D eigenvalue weighted by atomic mass is 19.1. The number of hydrogen-bond acceptors (Lipinski definition) is 3. The number of benzene rings is 1. The standard InChI is InChI=1S/C11H11FN2O3/c12-7-1-2-8-6(3-9(13)11(15)16)5-14(17)10(8)4-7/h1-2,4-5,9,17H,3,13H2,(H,15,16). The number of rotatable bonds is 3. The summed E-state index contributed by atoms with van der Waals surface area (Å²) in [7, 11) is 0. The van der Waals surface area contributed by atoms with E-state index < -0.39 is 17.8 Å². The van der Waals surface area contributed by atoms with E-state index in [-0.39, 0.29) is 11.9 Å². The Morgan fingerprint density at radius 2 is 2.24 bits per heavy atom. The average molecular weight is 238 g/mol. The molecule has 0 bridgehead atoms. The number of nitrogens with zero attached hydrogens (tertiary/aromatic N) is 1. The van der Waals surface area contributed by atoms with Gasteiger partial charge in [-0.15, -0.1) is 0 Å². The number of carboxylic acids is 1. The summed E-state index contributed by atoms with van der Waals surface area (Å²) in [5.74, 6) is -1.59. The molecule has 1 aromatic heterocycles. The lowest BCUT2D eigenvalue weighted by molar-refractivity contribution is -0.138. The van der Waals surface area contributed by atoms with Gasteiger partial charge >= 0.3 is 5.97 Å². The van der Waals surface area contributed by atoms with E-state index in [2.05, 4.69) is 0 Å². The second-order valence-electron chi connectivity index (χ2n) is 3.81. The van der Waals surface area contributed by atoms with E-state index in [9.17, 15) is 14.4 Å². The molecular formula is C11H11FN2O3. The molecule has 0 amide bonds. The van der Waals surface area contributed by atoms with Crippen LogP contribution in [0.5, 0.6) is 0 Å². The molecule has 4 N–H and O–H groups in total. The Kier molecular flexibility index (Phi) is 2.72. The van der Waals surface area contributed by atoms with Crippen molar-refractivity contribution < 1.29 is 19.5 Å². The molecule has 1 atom stereocenters. The van der Waals surface area contributed by atoms with Gasteiger partial charge in [-0.2, -0.15) is 4.73 Å². The third-order valence-corrected chi connectivity index (χ3v) is 2.59. The summed E-state index contributed by atoms with van der Waals surface area (Å²) in [6.45, 7) is 0. The zero-order valence-electron chi connectivity index (χ0n) is 8.80. The molecule has 2 rings (SSSR count). The van der Waals surface area contributed by atoms with Crippen molar-refractivity contribution in [3.8, 4) is 0 Å². The molecule has 0 saturated carbocycles. The number of nitrogens with two attached hydrogens (primary N) is 1. The first-order valence-corrected chi connectivity index (χ1v) is 4.96. The van der Waals surface area contributed by atoms with Crippen molar-refractivity contribution in [1.82, 2.24) is 4.73 Å². The fraction of sp³-hybridized carbons (Fsp3) is 0.182. The van der Waals surface area contributed by atoms with Crippen molar-refractivity contribution >= 4 is 16.9 Å². The first-order valence-electron chi connectivity index (χ1n) is 4.96. The number of aliphatic carboxylic acids is 1. The van der Waals surface area contributed by atoms with Gasteiger partial charge < -0.3 is 16.0 Å². The summed E-state index contributed by atoms with van der Waals surface area (Å²) in [4.78, 5) is 10.6. The van der Waals surface area contributed by atoms with Crippen molar-refractivity contribution in [3.05, 3.63) is 35.8 Å². The molecule has 0 fully saturated rings. The zero-order chi connectivity index (χ0) is 12.6. The molecule has 0 spiro atoms. The number of aromatic nitrogens is 1. The molecule has 0 aliphatic rings. The monoisotopic (exact) mass is 238 g/mol. The van der Waals surface area contributed by atoms with E-state index in [1.807, 2.05) is 0 Å². The molecule has 90 valence electrons. The van der Waals surface area contributed by atoms with Gasteiger partial charge in [0.05, 0.1) is 5.52 Å². The Morgan fingerprint density at radius 1 is 1.53 bits per heavy atom. The lowest BCUT2D eigenvalue weighted by atomic mass is 10.1. The maximum Gasteiger partial charge on any atom is 0.320 e. The fourth-order valence-electron chi connectivity index (χ4n) is 1.74. The number of fused-ring (bicyclic) bond motifs is 1. The van der Waals surface area contributed by atoms with E-state index >= 15 is 0 Å². The van der Waals surface area contributed by atoms with E-state index in [1.54, 1.807) is 0 Å². The molecule has 0 aliphatic heterocycles. The smallest absolute Gasteiger partial charge is 0.320 e. The normalized spacial score (nSPS) is 12.8. The van der Waals surface area contributed by atoms with Crippen LogP contribution in [0, 0.1) is 5.82 Å². The zero-order valence-corrected chi connectivity index (χ0v) is 8.80. The first-order chi connectivity index (χ1) is 7.99. The molecule has 5 nitrogen and oxygen atoms in total. The maximum atomic E-state index is 13.0. The van der Waals surface area contributed by atoms with Crippen LogP contribution >= 0.6 is 0 Å². The molecule has 2 aromatic rings. The molecule has 0 saturated heterocycles. The van der Waals surface area contributed by atoms with Crippen LogP contribution in [-0.4, -0.2) is 27.1 Å². The van der Waals surface area contributed by atoms with Gasteiger partial charge in [0.1, 0.15) is 11.9 Å². The Bertz CT molecular complexity index is 579. The van der Waals surface area contributed by atoms with Gasteiger partial charge in [0.25, 0.3) is 0 Å². The number of carbonyl (C=O) groups is 1. The number of halogens is 1. The summed E-state index contributed by atoms with van der Waals surface area (Å²) < 4.78 is 13.7. The van der Waals surface area contributed by atoms with E-state index in [0.717, 1.165) is 4.73 Å². The Hall–Kier alpha value is -2.08. The van der Waals surface area contributed by atoms with Crippen LogP contribution in [0.1, 0.15) is 5.56 Å². The quantitative estimate of drug-likeness (QED) is 0.695. The minimum atomic E-state index is -1.12. The van der Waals surface area contributed by atoms with Crippen LogP contribution in [-0.2, 0) is 11.2 Å². The van der Waals surface area contributed by atoms with Gasteiger partial charge in [0.2, 0.25) is 0 Å². The van der Waals surface area contributed by atoms with Gasteiger partial charge in [-0.3, -0.25) is 4.79 Å². The summed E-state index contributed by atoms with van der Waals surface area (Å²) in [6.07, 6.45) is 1.41. The van der Waals surface area contributed by atoms with Crippen molar-refractivity contribution in [2.24, 2.45) is 5.73 Å². The second kappa shape index (κ2) is 4.06. The minimum absolute atomic E-state index is 0.0744. The van der Waals surface area contributed by atoms with Crippen LogP contribution in [0.2, 0.25) is 0 Å². The summed E-state index contributed by atoms with van der Waals surface area (Å²) >= 11 is 0. The van der Waals surface area contributed by atoms with Crippen molar-refractivity contribution in [1.29, 1.82) is 0 Å². The van der Waals surface area contributed by atoms with Crippen molar-refractivity contribution in [2.45, 2.75) is 12.5 Å². The lowest BCUT2D eigenvalue weighted by Gasteiger charge is -2.04. The van der Waals surface area contributed by atoms with Gasteiger partial charge in [-0.25, -0.2) is 4.39 Å². The average Bonchev–Trinajstić information content (AvgIpc) is 2.55. The summed E-state index contributed by atoms with van der Waals surface area (Å²) in [5.41, 5.74) is 6.27. The third kappa shape index (κ3) is 2.07. The highest BCUT2D eigenvalue weighted by Crippen LogP contribution is 2.22. The van der Waals surface area contributed by atoms with Gasteiger partial charge in [0, 0.05) is 24.1 Å². The largest absolute Gasteiger partial charge is 0.480 e. The maximum absolute atomic E-state index is 13.0. The van der Waals surface area contributed by atoms with E-state index in [1.165, 1.54) is 24.4 Å². The van der Waals surface area contributed by atoms with Crippen LogP contribution in [0.25, 0.3) is 10.9 Å². The number of carboxylic acid groups (broad SMARTS) is 1. The predicted octanol–water partition coefficient (Wildman–Crippen LogP) is 0.972. The van der Waals surface area contributed by atoms with Crippen LogP contribution in [0.4, 0.5) is 4.39 Å². The van der Waals surface area contributed by atoms with Crippen LogP contribution in [0.3, 0.4) is 0 Å². The molecule has 1 aromatic carbocycles. The molecule has 1 heterocycles. The molecule has 1 unspecified atom stereocenters. The minimum Gasteiger partial charge on any atom is -0.480 e. The molecule has 6 heteroatoms. The van der Waals surface area contributed by atoms with E-state index in [0.29, 0.717) is 10.9 Å². The molecule has 17 heavy (non-hydrogen) atoms. The fourth-order valence-corrected chi connectivity index (χ4v) is 1.74. The Labute approximate surface area is 95.8 Å². The second-order valence-corrected chi connectivity index (χ2v) is 3.81. The highest BCUT2D eigenvalue weighted by molar-refractivity contribution is 5.84. The van der Waals surface area contributed by atoms with Crippen molar-refractivity contribution in [2.75, 3.05) is 0 Å². The van der Waals surface area contributed by atoms with Crippen molar-refractivity contribution in [3.63, 3.8) is 0 Å². The summed E-state index contributed by atoms with van der Waals surface area (Å²) in [6, 6.07) is 2.86.